The van der Waals surface area contributed by atoms with E-state index in [4.69, 9.17) is 14.3 Å². The summed E-state index contributed by atoms with van der Waals surface area (Å²) in [6, 6.07) is 4.78. The number of carbonyl (C=O) groups is 1. The maximum Gasteiger partial charge on any atom is 0.410 e. The van der Waals surface area contributed by atoms with Crippen molar-refractivity contribution in [2.45, 2.75) is 37.3 Å². The second-order valence-corrected chi connectivity index (χ2v) is 8.62. The normalized spacial score (nSPS) is 19.8. The molecule has 1 N–H and O–H groups in total. The Morgan fingerprint density at radius 2 is 2.09 bits per heavy atom. The fraction of sp³-hybridized carbons (Fsp3) is 0.533. The smallest absolute Gasteiger partial charge is 0.410 e. The van der Waals surface area contributed by atoms with E-state index in [0.29, 0.717) is 17.3 Å². The van der Waals surface area contributed by atoms with Gasteiger partial charge in [0.25, 0.3) is 0 Å². The van der Waals surface area contributed by atoms with Crippen LogP contribution in [-0.4, -0.2) is 40.7 Å². The molecule has 2 rings (SSSR count). The van der Waals surface area contributed by atoms with E-state index in [1.807, 2.05) is 20.8 Å². The van der Waals surface area contributed by atoms with Gasteiger partial charge in [-0.2, -0.15) is 0 Å². The van der Waals surface area contributed by atoms with Crippen LogP contribution in [0.3, 0.4) is 0 Å². The lowest BCUT2D eigenvalue weighted by Crippen LogP contribution is -2.37. The van der Waals surface area contributed by atoms with Gasteiger partial charge < -0.3 is 14.4 Å². The average molecular weight is 326 g/mol. The van der Waals surface area contributed by atoms with Crippen molar-refractivity contribution in [1.29, 1.82) is 4.78 Å². The molecule has 0 fully saturated rings. The number of nitrogens with zero attached hydrogens (tertiary/aromatic N) is 1. The van der Waals surface area contributed by atoms with Crippen molar-refractivity contribution in [2.24, 2.45) is 0 Å². The van der Waals surface area contributed by atoms with Crippen LogP contribution in [0.1, 0.15) is 32.4 Å². The van der Waals surface area contributed by atoms with E-state index in [0.717, 1.165) is 5.56 Å². The first-order valence-electron chi connectivity index (χ1n) is 6.95. The molecule has 0 saturated carbocycles. The maximum atomic E-state index is 12.2. The number of carbonyl (C=O) groups excluding carboxylic acids is 1. The molecule has 1 amide bonds. The van der Waals surface area contributed by atoms with Crippen LogP contribution >= 0.6 is 0 Å². The summed E-state index contributed by atoms with van der Waals surface area (Å²) in [4.78, 5) is 14.1. The van der Waals surface area contributed by atoms with Crippen LogP contribution < -0.4 is 4.74 Å². The van der Waals surface area contributed by atoms with Crippen LogP contribution in [0.15, 0.2) is 23.1 Å². The third kappa shape index (κ3) is 3.52. The summed E-state index contributed by atoms with van der Waals surface area (Å²) < 4.78 is 30.4. The Balaban J connectivity index is 2.24. The van der Waals surface area contributed by atoms with Crippen LogP contribution in [0.5, 0.6) is 5.75 Å². The highest BCUT2D eigenvalue weighted by Crippen LogP contribution is 2.37. The lowest BCUT2D eigenvalue weighted by Gasteiger charge is -2.28. The Kier molecular flexibility index (Phi) is 4.12. The Hall–Kier alpha value is -1.76. The number of likely N-dealkylation sites (N-methyl/N-ethyl adjacent to an activating group) is 1. The highest BCUT2D eigenvalue weighted by atomic mass is 32.2. The lowest BCUT2D eigenvalue weighted by atomic mass is 10.1. The zero-order chi connectivity index (χ0) is 16.7. The quantitative estimate of drug-likeness (QED) is 0.906. The second kappa shape index (κ2) is 5.46. The molecule has 1 aromatic carbocycles. The van der Waals surface area contributed by atoms with Crippen LogP contribution in [0.25, 0.3) is 0 Å². The molecular formula is C15H22N2O4S. The molecule has 122 valence electrons. The summed E-state index contributed by atoms with van der Waals surface area (Å²) >= 11 is 0. The average Bonchev–Trinajstić information content (AvgIpc) is 2.77. The molecule has 0 saturated heterocycles. The third-order valence-corrected chi connectivity index (χ3v) is 4.49. The van der Waals surface area contributed by atoms with Gasteiger partial charge in [0.2, 0.25) is 0 Å². The van der Waals surface area contributed by atoms with E-state index in [2.05, 4.69) is 0 Å². The topological polar surface area (TPSA) is 79.7 Å². The number of rotatable bonds is 2. The largest absolute Gasteiger partial charge is 0.491 e. The van der Waals surface area contributed by atoms with Gasteiger partial charge in [-0.3, -0.25) is 0 Å². The Morgan fingerprint density at radius 1 is 1.45 bits per heavy atom. The van der Waals surface area contributed by atoms with Gasteiger partial charge in [-0.1, -0.05) is 6.07 Å². The molecule has 1 unspecified atom stereocenters. The monoisotopic (exact) mass is 326 g/mol. The van der Waals surface area contributed by atoms with Crippen molar-refractivity contribution >= 4 is 15.8 Å². The highest BCUT2D eigenvalue weighted by Gasteiger charge is 2.33. The van der Waals surface area contributed by atoms with Crippen LogP contribution in [-0.2, 0) is 14.5 Å². The van der Waals surface area contributed by atoms with Gasteiger partial charge in [-0.05, 0) is 32.9 Å². The van der Waals surface area contributed by atoms with Crippen LogP contribution in [0, 0.1) is 4.78 Å². The zero-order valence-electron chi connectivity index (χ0n) is 13.5. The van der Waals surface area contributed by atoms with Gasteiger partial charge in [-0.25, -0.2) is 13.8 Å². The van der Waals surface area contributed by atoms with Crippen LogP contribution in [0.2, 0.25) is 0 Å². The Bertz CT molecular complexity index is 692. The molecule has 2 atom stereocenters. The van der Waals surface area contributed by atoms with E-state index in [1.165, 1.54) is 11.2 Å². The molecule has 1 aliphatic heterocycles. The second-order valence-electron chi connectivity index (χ2n) is 6.46. The van der Waals surface area contributed by atoms with Crippen molar-refractivity contribution in [3.8, 4) is 5.75 Å². The zero-order valence-corrected chi connectivity index (χ0v) is 14.3. The van der Waals surface area contributed by atoms with E-state index in [-0.39, 0.29) is 6.04 Å². The van der Waals surface area contributed by atoms with Crippen molar-refractivity contribution in [2.75, 3.05) is 19.9 Å². The molecule has 0 radical (unpaired) electrons. The molecule has 0 bridgehead atoms. The first kappa shape index (κ1) is 16.6. The molecule has 1 aromatic rings. The number of fused-ring (bicyclic) bond motifs is 1. The first-order valence-corrected chi connectivity index (χ1v) is 8.92. The summed E-state index contributed by atoms with van der Waals surface area (Å²) in [5.74, 6) is 0.569. The van der Waals surface area contributed by atoms with Crippen LogP contribution in [0.4, 0.5) is 4.79 Å². The van der Waals surface area contributed by atoms with Crippen molar-refractivity contribution in [3.05, 3.63) is 23.8 Å². The molecule has 6 nitrogen and oxygen atoms in total. The predicted octanol–water partition coefficient (Wildman–Crippen LogP) is 3.02. The van der Waals surface area contributed by atoms with E-state index in [1.54, 1.807) is 25.2 Å². The molecule has 1 aliphatic rings. The Labute approximate surface area is 131 Å². The van der Waals surface area contributed by atoms with Crippen molar-refractivity contribution in [1.82, 2.24) is 4.90 Å². The summed E-state index contributed by atoms with van der Waals surface area (Å²) in [6.45, 7) is 5.76. The standard InChI is InChI=1S/C15H22N2O4S/c1-15(2,3)21-14(18)17(4)12-9-20-13-8-10(22(5,16)19)6-7-11(12)13/h6-8,12,16H,9H2,1-5H3/t12-,22?/m1/s1. The fourth-order valence-corrected chi connectivity index (χ4v) is 2.86. The minimum atomic E-state index is -2.79. The summed E-state index contributed by atoms with van der Waals surface area (Å²) in [6.07, 6.45) is 0.950. The maximum absolute atomic E-state index is 12.2. The number of hydrogen-bond acceptors (Lipinski definition) is 5. The fourth-order valence-electron chi connectivity index (χ4n) is 2.20. The minimum absolute atomic E-state index is 0.252. The number of amides is 1. The molecule has 7 heteroatoms. The lowest BCUT2D eigenvalue weighted by molar-refractivity contribution is 0.0201. The highest BCUT2D eigenvalue weighted by molar-refractivity contribution is 7.91. The molecule has 0 aliphatic carbocycles. The summed E-state index contributed by atoms with van der Waals surface area (Å²) in [5.41, 5.74) is 0.275. The molecular weight excluding hydrogens is 304 g/mol. The van der Waals surface area contributed by atoms with E-state index < -0.39 is 21.4 Å². The summed E-state index contributed by atoms with van der Waals surface area (Å²) in [5, 5.41) is 0. The van der Waals surface area contributed by atoms with Gasteiger partial charge in [0, 0.05) is 18.9 Å². The number of benzene rings is 1. The summed E-state index contributed by atoms with van der Waals surface area (Å²) in [7, 11) is -1.12. The number of hydrogen-bond donors (Lipinski definition) is 1. The Morgan fingerprint density at radius 3 is 2.64 bits per heavy atom. The molecule has 0 spiro atoms. The third-order valence-electron chi connectivity index (χ3n) is 3.34. The minimum Gasteiger partial charge on any atom is -0.491 e. The molecule has 22 heavy (non-hydrogen) atoms. The van der Waals surface area contributed by atoms with Gasteiger partial charge >= 0.3 is 6.09 Å². The molecule has 1 heterocycles. The number of ether oxygens (including phenoxy) is 2. The van der Waals surface area contributed by atoms with Gasteiger partial charge in [0.05, 0.1) is 20.7 Å². The first-order chi connectivity index (χ1) is 9.99. The van der Waals surface area contributed by atoms with E-state index >= 15 is 0 Å². The SMILES string of the molecule is CN(C(=O)OC(C)(C)C)[C@@H]1COc2cc(S(C)(=N)=O)ccc21. The van der Waals surface area contributed by atoms with Crippen molar-refractivity contribution < 1.29 is 18.5 Å². The van der Waals surface area contributed by atoms with Gasteiger partial charge in [0.15, 0.2) is 0 Å². The van der Waals surface area contributed by atoms with Gasteiger partial charge in [0.1, 0.15) is 18.0 Å². The predicted molar refractivity (Wildman–Crippen MR) is 83.7 cm³/mol. The van der Waals surface area contributed by atoms with E-state index in [9.17, 15) is 9.00 Å². The number of nitrogens with one attached hydrogen (secondary N) is 1. The molecule has 0 aromatic heterocycles. The van der Waals surface area contributed by atoms with Gasteiger partial charge in [-0.15, -0.1) is 0 Å². The van der Waals surface area contributed by atoms with Crippen molar-refractivity contribution in [3.63, 3.8) is 0 Å².